The molecule has 0 saturated carbocycles. The summed E-state index contributed by atoms with van der Waals surface area (Å²) >= 11 is 0. The van der Waals surface area contributed by atoms with E-state index in [1.54, 1.807) is 0 Å². The fourth-order valence-electron chi connectivity index (χ4n) is 0.827. The highest BCUT2D eigenvalue weighted by Crippen LogP contribution is 2.30. The van der Waals surface area contributed by atoms with Crippen LogP contribution in [0.5, 0.6) is 0 Å². The van der Waals surface area contributed by atoms with Gasteiger partial charge in [0.1, 0.15) is 0 Å². The smallest absolute Gasteiger partial charge is 0.248 e. The molecule has 0 spiro atoms. The van der Waals surface area contributed by atoms with Crippen molar-refractivity contribution in [2.75, 3.05) is 5.48 Å². The zero-order valence-corrected chi connectivity index (χ0v) is 6.43. The van der Waals surface area contributed by atoms with Gasteiger partial charge in [-0.05, 0) is 18.2 Å². The zero-order valence-electron chi connectivity index (χ0n) is 6.43. The minimum atomic E-state index is -4.35. The number of hydrogen-bond donors (Lipinski definition) is 2. The topological polar surface area (TPSA) is 47.3 Å². The standard InChI is InChI=1S/C7H7F3N2O/c8-7(9,10)5-2-1-3-6(4-5)12-13-11/h1-4,12H,11H2. The van der Waals surface area contributed by atoms with Crippen molar-refractivity contribution in [2.24, 2.45) is 5.90 Å². The molecule has 0 aliphatic heterocycles. The Morgan fingerprint density at radius 2 is 2.00 bits per heavy atom. The molecule has 0 unspecified atom stereocenters. The van der Waals surface area contributed by atoms with E-state index < -0.39 is 11.7 Å². The first-order valence-electron chi connectivity index (χ1n) is 3.33. The van der Waals surface area contributed by atoms with Crippen LogP contribution in [-0.4, -0.2) is 0 Å². The van der Waals surface area contributed by atoms with Gasteiger partial charge in [0, 0.05) is 0 Å². The lowest BCUT2D eigenvalue weighted by Gasteiger charge is -2.08. The van der Waals surface area contributed by atoms with Gasteiger partial charge in [-0.25, -0.2) is 5.48 Å². The van der Waals surface area contributed by atoms with Gasteiger partial charge in [-0.1, -0.05) is 6.07 Å². The summed E-state index contributed by atoms with van der Waals surface area (Å²) in [7, 11) is 0. The average Bonchev–Trinajstić information content (AvgIpc) is 2.04. The quantitative estimate of drug-likeness (QED) is 0.703. The van der Waals surface area contributed by atoms with Crippen molar-refractivity contribution in [2.45, 2.75) is 6.18 Å². The predicted molar refractivity (Wildman–Crippen MR) is 40.3 cm³/mol. The highest BCUT2D eigenvalue weighted by molar-refractivity contribution is 5.44. The number of nitrogens with one attached hydrogen (secondary N) is 1. The first kappa shape index (κ1) is 9.82. The van der Waals surface area contributed by atoms with Crippen LogP contribution in [0.15, 0.2) is 24.3 Å². The molecule has 0 aliphatic carbocycles. The fourth-order valence-corrected chi connectivity index (χ4v) is 0.827. The number of benzene rings is 1. The first-order valence-corrected chi connectivity index (χ1v) is 3.33. The monoisotopic (exact) mass is 192 g/mol. The third kappa shape index (κ3) is 2.60. The zero-order chi connectivity index (χ0) is 9.90. The molecular formula is C7H7F3N2O. The third-order valence-electron chi connectivity index (χ3n) is 1.37. The van der Waals surface area contributed by atoms with Crippen LogP contribution in [0.25, 0.3) is 0 Å². The van der Waals surface area contributed by atoms with Crippen molar-refractivity contribution in [3.8, 4) is 0 Å². The summed E-state index contributed by atoms with van der Waals surface area (Å²) in [6.45, 7) is 0. The number of hydrogen-bond acceptors (Lipinski definition) is 3. The van der Waals surface area contributed by atoms with E-state index in [4.69, 9.17) is 0 Å². The normalized spacial score (nSPS) is 11.4. The van der Waals surface area contributed by atoms with E-state index in [1.165, 1.54) is 12.1 Å². The van der Waals surface area contributed by atoms with Crippen molar-refractivity contribution in [3.63, 3.8) is 0 Å². The molecule has 72 valence electrons. The van der Waals surface area contributed by atoms with Crippen molar-refractivity contribution in [3.05, 3.63) is 29.8 Å². The summed E-state index contributed by atoms with van der Waals surface area (Å²) in [5.74, 6) is 4.63. The predicted octanol–water partition coefficient (Wildman–Crippen LogP) is 1.92. The SMILES string of the molecule is NONc1cccc(C(F)(F)F)c1. The fraction of sp³-hybridized carbons (Fsp3) is 0.143. The molecule has 0 heterocycles. The molecule has 0 saturated heterocycles. The van der Waals surface area contributed by atoms with E-state index in [0.717, 1.165) is 12.1 Å². The second-order valence-electron chi connectivity index (χ2n) is 2.30. The third-order valence-corrected chi connectivity index (χ3v) is 1.37. The Bertz CT molecular complexity index is 287. The summed E-state index contributed by atoms with van der Waals surface area (Å²) in [5.41, 5.74) is 1.49. The maximum Gasteiger partial charge on any atom is 0.416 e. The van der Waals surface area contributed by atoms with Gasteiger partial charge in [-0.3, -0.25) is 0 Å². The van der Waals surface area contributed by atoms with E-state index in [9.17, 15) is 13.2 Å². The Hall–Kier alpha value is -1.27. The van der Waals surface area contributed by atoms with Crippen molar-refractivity contribution < 1.29 is 18.1 Å². The number of alkyl halides is 3. The van der Waals surface area contributed by atoms with E-state index in [1.807, 2.05) is 0 Å². The highest BCUT2D eigenvalue weighted by Gasteiger charge is 2.30. The molecule has 0 fully saturated rings. The van der Waals surface area contributed by atoms with Gasteiger partial charge in [0.05, 0.1) is 11.3 Å². The molecule has 0 radical (unpaired) electrons. The highest BCUT2D eigenvalue weighted by atomic mass is 19.4. The van der Waals surface area contributed by atoms with Crippen LogP contribution in [-0.2, 0) is 11.1 Å². The number of rotatable bonds is 2. The number of halogens is 3. The molecule has 6 heteroatoms. The molecule has 3 N–H and O–H groups in total. The minimum Gasteiger partial charge on any atom is -0.248 e. The molecule has 13 heavy (non-hydrogen) atoms. The Morgan fingerprint density at radius 3 is 2.54 bits per heavy atom. The lowest BCUT2D eigenvalue weighted by Crippen LogP contribution is -2.09. The van der Waals surface area contributed by atoms with Gasteiger partial charge in [0.25, 0.3) is 0 Å². The van der Waals surface area contributed by atoms with E-state index in [0.29, 0.717) is 0 Å². The molecule has 0 aliphatic rings. The van der Waals surface area contributed by atoms with Gasteiger partial charge in [0.15, 0.2) is 0 Å². The number of anilines is 1. The summed E-state index contributed by atoms with van der Waals surface area (Å²) in [6, 6.07) is 4.51. The van der Waals surface area contributed by atoms with Gasteiger partial charge in [-0.15, -0.1) is 0 Å². The van der Waals surface area contributed by atoms with Crippen molar-refractivity contribution in [1.82, 2.24) is 0 Å². The van der Waals surface area contributed by atoms with Gasteiger partial charge < -0.3 is 0 Å². The Balaban J connectivity index is 2.92. The lowest BCUT2D eigenvalue weighted by molar-refractivity contribution is -0.137. The van der Waals surface area contributed by atoms with Crippen molar-refractivity contribution in [1.29, 1.82) is 0 Å². The number of nitrogens with two attached hydrogens (primary N) is 1. The van der Waals surface area contributed by atoms with Crippen LogP contribution in [0.4, 0.5) is 18.9 Å². The summed E-state index contributed by atoms with van der Waals surface area (Å²) in [4.78, 5) is 3.98. The molecule has 3 nitrogen and oxygen atoms in total. The van der Waals surface area contributed by atoms with Gasteiger partial charge in [0.2, 0.25) is 0 Å². The van der Waals surface area contributed by atoms with E-state index in [-0.39, 0.29) is 5.69 Å². The molecule has 0 atom stereocenters. The lowest BCUT2D eigenvalue weighted by atomic mass is 10.2. The van der Waals surface area contributed by atoms with Crippen LogP contribution >= 0.6 is 0 Å². The molecule has 0 bridgehead atoms. The second kappa shape index (κ2) is 3.63. The van der Waals surface area contributed by atoms with Gasteiger partial charge in [-0.2, -0.15) is 24.0 Å². The summed E-state index contributed by atoms with van der Waals surface area (Å²) < 4.78 is 36.3. The average molecular weight is 192 g/mol. The Labute approximate surface area is 72.2 Å². The first-order chi connectivity index (χ1) is 6.04. The Morgan fingerprint density at radius 1 is 1.31 bits per heavy atom. The molecule has 1 aromatic carbocycles. The van der Waals surface area contributed by atoms with Crippen LogP contribution in [0, 0.1) is 0 Å². The molecule has 1 aromatic rings. The minimum absolute atomic E-state index is 0.150. The van der Waals surface area contributed by atoms with E-state index in [2.05, 4.69) is 16.3 Å². The van der Waals surface area contributed by atoms with Crippen LogP contribution < -0.4 is 11.4 Å². The van der Waals surface area contributed by atoms with Crippen LogP contribution in [0.1, 0.15) is 5.56 Å². The van der Waals surface area contributed by atoms with Crippen LogP contribution in [0.2, 0.25) is 0 Å². The Kier molecular flexibility index (Phi) is 2.74. The summed E-state index contributed by atoms with van der Waals surface area (Å²) in [5, 5.41) is 0. The maximum atomic E-state index is 12.1. The summed E-state index contributed by atoms with van der Waals surface area (Å²) in [6.07, 6.45) is -4.35. The second-order valence-corrected chi connectivity index (χ2v) is 2.30. The molecule has 0 aromatic heterocycles. The van der Waals surface area contributed by atoms with E-state index >= 15 is 0 Å². The maximum absolute atomic E-state index is 12.1. The largest absolute Gasteiger partial charge is 0.416 e. The molecule has 1 rings (SSSR count). The van der Waals surface area contributed by atoms with Gasteiger partial charge >= 0.3 is 6.18 Å². The molecule has 0 amide bonds. The van der Waals surface area contributed by atoms with Crippen molar-refractivity contribution >= 4 is 5.69 Å². The molecular weight excluding hydrogens is 185 g/mol. The van der Waals surface area contributed by atoms with Crippen LogP contribution in [0.3, 0.4) is 0 Å².